The first kappa shape index (κ1) is 8.94. The third-order valence-corrected chi connectivity index (χ3v) is 2.51. The van der Waals surface area contributed by atoms with Gasteiger partial charge in [-0.15, -0.1) is 0 Å². The van der Waals surface area contributed by atoms with Crippen molar-refractivity contribution in [1.29, 1.82) is 0 Å². The minimum absolute atomic E-state index is 0.118. The Balaban J connectivity index is 2.35. The molecule has 0 aliphatic heterocycles. The summed E-state index contributed by atoms with van der Waals surface area (Å²) < 4.78 is 4.58. The van der Waals surface area contributed by atoms with E-state index in [2.05, 4.69) is 4.74 Å². The van der Waals surface area contributed by atoms with Crippen LogP contribution in [0, 0.1) is 5.92 Å². The summed E-state index contributed by atoms with van der Waals surface area (Å²) >= 11 is 0. The van der Waals surface area contributed by atoms with Crippen LogP contribution in [0.4, 0.5) is 0 Å². The SMILES string of the molecule is COC(=O)[C@@H]1Cc2ccccc2C1=O. The molecule has 2 rings (SSSR count). The van der Waals surface area contributed by atoms with Crippen molar-refractivity contribution >= 4 is 11.8 Å². The molecule has 0 heterocycles. The number of hydrogen-bond donors (Lipinski definition) is 0. The van der Waals surface area contributed by atoms with Crippen molar-refractivity contribution in [3.63, 3.8) is 0 Å². The first-order valence-electron chi connectivity index (χ1n) is 4.44. The number of benzene rings is 1. The number of fused-ring (bicyclic) bond motifs is 1. The maximum absolute atomic E-state index is 11.7. The van der Waals surface area contributed by atoms with Crippen LogP contribution in [-0.2, 0) is 16.0 Å². The van der Waals surface area contributed by atoms with Gasteiger partial charge in [0.2, 0.25) is 0 Å². The Morgan fingerprint density at radius 3 is 2.79 bits per heavy atom. The van der Waals surface area contributed by atoms with Crippen molar-refractivity contribution in [1.82, 2.24) is 0 Å². The first-order valence-corrected chi connectivity index (χ1v) is 4.44. The predicted octanol–water partition coefficient (Wildman–Crippen LogP) is 1.21. The van der Waals surface area contributed by atoms with Gasteiger partial charge in [0.05, 0.1) is 7.11 Å². The van der Waals surface area contributed by atoms with Crippen LogP contribution in [0.2, 0.25) is 0 Å². The van der Waals surface area contributed by atoms with Crippen LogP contribution >= 0.6 is 0 Å². The molecule has 0 saturated heterocycles. The van der Waals surface area contributed by atoms with Crippen LogP contribution in [0.15, 0.2) is 24.3 Å². The van der Waals surface area contributed by atoms with Crippen molar-refractivity contribution in [2.75, 3.05) is 7.11 Å². The van der Waals surface area contributed by atoms with E-state index in [-0.39, 0.29) is 5.78 Å². The van der Waals surface area contributed by atoms with E-state index in [4.69, 9.17) is 0 Å². The van der Waals surface area contributed by atoms with Crippen molar-refractivity contribution in [3.05, 3.63) is 35.4 Å². The number of carbonyl (C=O) groups excluding carboxylic acids is 2. The van der Waals surface area contributed by atoms with Crippen LogP contribution in [0.1, 0.15) is 15.9 Å². The van der Waals surface area contributed by atoms with Crippen molar-refractivity contribution in [3.8, 4) is 0 Å². The second kappa shape index (κ2) is 3.25. The van der Waals surface area contributed by atoms with Crippen LogP contribution in [0.5, 0.6) is 0 Å². The molecule has 1 aliphatic carbocycles. The Morgan fingerprint density at radius 2 is 2.14 bits per heavy atom. The molecule has 0 spiro atoms. The molecule has 0 N–H and O–H groups in total. The van der Waals surface area contributed by atoms with E-state index in [1.54, 1.807) is 12.1 Å². The summed E-state index contributed by atoms with van der Waals surface area (Å²) in [5, 5.41) is 0. The highest BCUT2D eigenvalue weighted by Crippen LogP contribution is 2.26. The lowest BCUT2D eigenvalue weighted by molar-refractivity contribution is -0.143. The van der Waals surface area contributed by atoms with Crippen molar-refractivity contribution < 1.29 is 14.3 Å². The van der Waals surface area contributed by atoms with E-state index in [0.717, 1.165) is 5.56 Å². The maximum Gasteiger partial charge on any atom is 0.316 e. The van der Waals surface area contributed by atoms with E-state index < -0.39 is 11.9 Å². The molecule has 0 radical (unpaired) electrons. The second-order valence-electron chi connectivity index (χ2n) is 3.30. The van der Waals surface area contributed by atoms with E-state index in [9.17, 15) is 9.59 Å². The minimum Gasteiger partial charge on any atom is -0.468 e. The molecular weight excluding hydrogens is 180 g/mol. The number of ether oxygens (including phenoxy) is 1. The van der Waals surface area contributed by atoms with Gasteiger partial charge >= 0.3 is 5.97 Å². The monoisotopic (exact) mass is 190 g/mol. The lowest BCUT2D eigenvalue weighted by atomic mass is 10.1. The van der Waals surface area contributed by atoms with Crippen LogP contribution < -0.4 is 0 Å². The van der Waals surface area contributed by atoms with Crippen LogP contribution in [0.25, 0.3) is 0 Å². The molecule has 0 saturated carbocycles. The highest BCUT2D eigenvalue weighted by atomic mass is 16.5. The third-order valence-electron chi connectivity index (χ3n) is 2.51. The van der Waals surface area contributed by atoms with Gasteiger partial charge < -0.3 is 4.74 Å². The van der Waals surface area contributed by atoms with E-state index in [1.165, 1.54) is 7.11 Å². The molecule has 0 amide bonds. The molecule has 0 unspecified atom stereocenters. The number of carbonyl (C=O) groups is 2. The highest BCUT2D eigenvalue weighted by Gasteiger charge is 2.35. The summed E-state index contributed by atoms with van der Waals surface area (Å²) in [4.78, 5) is 22.9. The molecular formula is C11H10O3. The fraction of sp³-hybridized carbons (Fsp3) is 0.273. The van der Waals surface area contributed by atoms with Gasteiger partial charge in [0, 0.05) is 5.56 Å². The van der Waals surface area contributed by atoms with Crippen LogP contribution in [-0.4, -0.2) is 18.9 Å². The number of esters is 1. The number of ketones is 1. The Kier molecular flexibility index (Phi) is 2.08. The fourth-order valence-corrected chi connectivity index (χ4v) is 1.77. The normalized spacial score (nSPS) is 19.2. The van der Waals surface area contributed by atoms with Crippen LogP contribution in [0.3, 0.4) is 0 Å². The zero-order valence-electron chi connectivity index (χ0n) is 7.82. The zero-order chi connectivity index (χ0) is 10.1. The first-order chi connectivity index (χ1) is 6.74. The number of rotatable bonds is 1. The van der Waals surface area contributed by atoms with Gasteiger partial charge in [-0.05, 0) is 12.0 Å². The average molecular weight is 190 g/mol. The van der Waals surface area contributed by atoms with Gasteiger partial charge in [0.25, 0.3) is 0 Å². The number of Topliss-reactive ketones (excluding diaryl/α,β-unsaturated/α-hetero) is 1. The lowest BCUT2D eigenvalue weighted by Gasteiger charge is -2.03. The Morgan fingerprint density at radius 1 is 1.43 bits per heavy atom. The predicted molar refractivity (Wildman–Crippen MR) is 50.0 cm³/mol. The van der Waals surface area contributed by atoms with Gasteiger partial charge in [0.15, 0.2) is 5.78 Å². The molecule has 1 atom stereocenters. The fourth-order valence-electron chi connectivity index (χ4n) is 1.77. The van der Waals surface area contributed by atoms with Gasteiger partial charge in [-0.25, -0.2) is 0 Å². The maximum atomic E-state index is 11.7. The number of hydrogen-bond acceptors (Lipinski definition) is 3. The second-order valence-corrected chi connectivity index (χ2v) is 3.30. The summed E-state index contributed by atoms with van der Waals surface area (Å²) in [5.74, 6) is -1.18. The van der Waals surface area contributed by atoms with E-state index >= 15 is 0 Å². The highest BCUT2D eigenvalue weighted by molar-refractivity contribution is 6.12. The molecule has 1 aliphatic rings. The molecule has 0 aromatic heterocycles. The molecule has 0 fully saturated rings. The topological polar surface area (TPSA) is 43.4 Å². The van der Waals surface area contributed by atoms with Gasteiger partial charge in [-0.3, -0.25) is 9.59 Å². The summed E-state index contributed by atoms with van der Waals surface area (Å²) in [6.07, 6.45) is 0.474. The quantitative estimate of drug-likeness (QED) is 0.494. The smallest absolute Gasteiger partial charge is 0.316 e. The Labute approximate surface area is 81.7 Å². The number of methoxy groups -OCH3 is 1. The molecule has 72 valence electrons. The van der Waals surface area contributed by atoms with E-state index in [0.29, 0.717) is 12.0 Å². The van der Waals surface area contributed by atoms with Gasteiger partial charge in [-0.1, -0.05) is 24.3 Å². The van der Waals surface area contributed by atoms with Gasteiger partial charge in [-0.2, -0.15) is 0 Å². The third kappa shape index (κ3) is 1.21. The molecule has 1 aromatic rings. The molecule has 14 heavy (non-hydrogen) atoms. The van der Waals surface area contributed by atoms with Crippen molar-refractivity contribution in [2.24, 2.45) is 5.92 Å². The zero-order valence-corrected chi connectivity index (χ0v) is 7.82. The minimum atomic E-state index is -0.627. The summed E-state index contributed by atoms with van der Waals surface area (Å²) in [6.45, 7) is 0. The van der Waals surface area contributed by atoms with Gasteiger partial charge in [0.1, 0.15) is 5.92 Å². The molecule has 1 aromatic carbocycles. The summed E-state index contributed by atoms with van der Waals surface area (Å²) in [5.41, 5.74) is 1.59. The largest absolute Gasteiger partial charge is 0.468 e. The Hall–Kier alpha value is -1.64. The standard InChI is InChI=1S/C11H10O3/c1-14-11(13)9-6-7-4-2-3-5-8(7)10(9)12/h2-5,9H,6H2,1H3/t9-/m1/s1. The molecule has 3 heteroatoms. The molecule has 0 bridgehead atoms. The summed E-state index contributed by atoms with van der Waals surface area (Å²) in [6, 6.07) is 7.29. The van der Waals surface area contributed by atoms with Crippen molar-refractivity contribution in [2.45, 2.75) is 6.42 Å². The Bertz CT molecular complexity index is 395. The molecule has 3 nitrogen and oxygen atoms in total. The summed E-state index contributed by atoms with van der Waals surface area (Å²) in [7, 11) is 1.30. The average Bonchev–Trinajstić information content (AvgIpc) is 2.56. The van der Waals surface area contributed by atoms with E-state index in [1.807, 2.05) is 12.1 Å². The lowest BCUT2D eigenvalue weighted by Crippen LogP contribution is -2.21.